The molecule has 0 saturated carbocycles. The minimum atomic E-state index is -0.426. The van der Waals surface area contributed by atoms with Crippen LogP contribution < -0.4 is 5.32 Å². The molecule has 1 saturated heterocycles. The molecule has 0 aliphatic carbocycles. The molecule has 1 rings (SSSR count). The summed E-state index contributed by atoms with van der Waals surface area (Å²) < 4.78 is 10.3. The quantitative estimate of drug-likeness (QED) is 0.778. The fourth-order valence-corrected chi connectivity index (χ4v) is 2.21. The van der Waals surface area contributed by atoms with Crippen LogP contribution in [0.25, 0.3) is 0 Å². The van der Waals surface area contributed by atoms with Gasteiger partial charge in [-0.1, -0.05) is 0 Å². The molecule has 0 aromatic heterocycles. The number of hydrogen-bond acceptors (Lipinski definition) is 4. The summed E-state index contributed by atoms with van der Waals surface area (Å²) in [5.41, 5.74) is -0.426. The first kappa shape index (κ1) is 16.2. The molecule has 0 spiro atoms. The van der Waals surface area contributed by atoms with Crippen LogP contribution in [0.2, 0.25) is 0 Å². The van der Waals surface area contributed by atoms with Crippen molar-refractivity contribution < 1.29 is 14.3 Å². The van der Waals surface area contributed by atoms with E-state index in [2.05, 4.69) is 10.2 Å². The Hall–Kier alpha value is -0.810. The highest BCUT2D eigenvalue weighted by atomic mass is 16.6. The number of hydrogen-bond donors (Lipinski definition) is 1. The zero-order valence-corrected chi connectivity index (χ0v) is 12.7. The Labute approximate surface area is 116 Å². The van der Waals surface area contributed by atoms with Gasteiger partial charge in [-0.15, -0.1) is 0 Å². The third-order valence-corrected chi connectivity index (χ3v) is 3.13. The lowest BCUT2D eigenvalue weighted by atomic mass is 10.1. The predicted octanol–water partition coefficient (Wildman–Crippen LogP) is 2.01. The van der Waals surface area contributed by atoms with E-state index in [9.17, 15) is 4.79 Å². The molecule has 1 aliphatic heterocycles. The lowest BCUT2D eigenvalue weighted by Crippen LogP contribution is -2.46. The number of ether oxygens (including phenoxy) is 2. The number of likely N-dealkylation sites (tertiary alicyclic amines) is 1. The number of amides is 1. The van der Waals surface area contributed by atoms with Crippen LogP contribution in [-0.2, 0) is 9.47 Å². The van der Waals surface area contributed by atoms with Gasteiger partial charge in [0.05, 0.1) is 0 Å². The summed E-state index contributed by atoms with van der Waals surface area (Å²) in [6, 6.07) is 0.244. The van der Waals surface area contributed by atoms with Gasteiger partial charge in [0.15, 0.2) is 0 Å². The highest BCUT2D eigenvalue weighted by Gasteiger charge is 2.23. The molecule has 0 atom stereocenters. The minimum Gasteiger partial charge on any atom is -0.444 e. The lowest BCUT2D eigenvalue weighted by Gasteiger charge is -2.32. The van der Waals surface area contributed by atoms with Crippen LogP contribution in [-0.4, -0.2) is 56.0 Å². The van der Waals surface area contributed by atoms with E-state index >= 15 is 0 Å². The summed E-state index contributed by atoms with van der Waals surface area (Å²) in [6.45, 7) is 9.60. The molecule has 1 N–H and O–H groups in total. The molecule has 5 nitrogen and oxygen atoms in total. The molecule has 0 unspecified atom stereocenters. The number of nitrogens with zero attached hydrogens (tertiary/aromatic N) is 1. The molecular weight excluding hydrogens is 244 g/mol. The number of carbonyl (C=O) groups excluding carboxylic acids is 1. The zero-order chi connectivity index (χ0) is 14.3. The van der Waals surface area contributed by atoms with Crippen molar-refractivity contribution in [2.24, 2.45) is 0 Å². The van der Waals surface area contributed by atoms with Gasteiger partial charge in [-0.3, -0.25) is 0 Å². The first-order valence-electron chi connectivity index (χ1n) is 7.11. The number of piperidine rings is 1. The molecule has 5 heteroatoms. The highest BCUT2D eigenvalue weighted by molar-refractivity contribution is 5.68. The Morgan fingerprint density at radius 1 is 1.32 bits per heavy atom. The Balaban J connectivity index is 2.17. The normalized spacial score (nSPS) is 18.3. The SMILES string of the molecule is COCCCN1CCC(NC(=O)OC(C)(C)C)CC1. The summed E-state index contributed by atoms with van der Waals surface area (Å²) in [6.07, 6.45) is 2.75. The summed E-state index contributed by atoms with van der Waals surface area (Å²) in [7, 11) is 1.73. The van der Waals surface area contributed by atoms with Crippen LogP contribution in [0.3, 0.4) is 0 Å². The van der Waals surface area contributed by atoms with E-state index in [-0.39, 0.29) is 12.1 Å². The standard InChI is InChI=1S/C14H28N2O3/c1-14(2,3)19-13(17)15-12-6-9-16(10-7-12)8-5-11-18-4/h12H,5-11H2,1-4H3,(H,15,17). The van der Waals surface area contributed by atoms with Crippen molar-refractivity contribution in [3.63, 3.8) is 0 Å². The van der Waals surface area contributed by atoms with Gasteiger partial charge < -0.3 is 19.7 Å². The predicted molar refractivity (Wildman–Crippen MR) is 75.3 cm³/mol. The third-order valence-electron chi connectivity index (χ3n) is 3.13. The van der Waals surface area contributed by atoms with Crippen LogP contribution in [0.1, 0.15) is 40.0 Å². The molecule has 19 heavy (non-hydrogen) atoms. The molecule has 1 heterocycles. The fraction of sp³-hybridized carbons (Fsp3) is 0.929. The number of alkyl carbamates (subject to hydrolysis) is 1. The zero-order valence-electron chi connectivity index (χ0n) is 12.7. The van der Waals surface area contributed by atoms with Gasteiger partial charge in [-0.2, -0.15) is 0 Å². The van der Waals surface area contributed by atoms with E-state index < -0.39 is 5.60 Å². The molecule has 112 valence electrons. The van der Waals surface area contributed by atoms with Crippen molar-refractivity contribution in [2.45, 2.75) is 51.7 Å². The second-order valence-corrected chi connectivity index (χ2v) is 6.11. The monoisotopic (exact) mass is 272 g/mol. The average molecular weight is 272 g/mol. The number of rotatable bonds is 5. The molecule has 0 aromatic carbocycles. The topological polar surface area (TPSA) is 50.8 Å². The summed E-state index contributed by atoms with van der Waals surface area (Å²) in [4.78, 5) is 14.1. The van der Waals surface area contributed by atoms with Crippen molar-refractivity contribution in [3.8, 4) is 0 Å². The van der Waals surface area contributed by atoms with Gasteiger partial charge in [0.1, 0.15) is 5.60 Å². The Bertz CT molecular complexity index is 268. The van der Waals surface area contributed by atoms with Gasteiger partial charge in [0.25, 0.3) is 0 Å². The van der Waals surface area contributed by atoms with Gasteiger partial charge in [0.2, 0.25) is 0 Å². The second kappa shape index (κ2) is 7.70. The molecule has 0 radical (unpaired) electrons. The maximum Gasteiger partial charge on any atom is 0.407 e. The molecule has 1 fully saturated rings. The third kappa shape index (κ3) is 7.38. The fourth-order valence-electron chi connectivity index (χ4n) is 2.21. The van der Waals surface area contributed by atoms with Gasteiger partial charge in [-0.25, -0.2) is 4.79 Å². The highest BCUT2D eigenvalue weighted by Crippen LogP contribution is 2.12. The smallest absolute Gasteiger partial charge is 0.407 e. The van der Waals surface area contributed by atoms with Gasteiger partial charge >= 0.3 is 6.09 Å². The van der Waals surface area contributed by atoms with E-state index in [0.717, 1.165) is 45.5 Å². The van der Waals surface area contributed by atoms with Crippen molar-refractivity contribution in [1.29, 1.82) is 0 Å². The maximum atomic E-state index is 11.7. The molecular formula is C14H28N2O3. The van der Waals surface area contributed by atoms with Crippen molar-refractivity contribution in [2.75, 3.05) is 33.4 Å². The molecule has 0 aromatic rings. The van der Waals surface area contributed by atoms with Crippen LogP contribution in [0.4, 0.5) is 4.79 Å². The molecule has 1 amide bonds. The Morgan fingerprint density at radius 2 is 1.95 bits per heavy atom. The van der Waals surface area contributed by atoms with Crippen molar-refractivity contribution in [3.05, 3.63) is 0 Å². The number of methoxy groups -OCH3 is 1. The van der Waals surface area contributed by atoms with E-state index in [1.165, 1.54) is 0 Å². The Kier molecular flexibility index (Phi) is 6.58. The largest absolute Gasteiger partial charge is 0.444 e. The van der Waals surface area contributed by atoms with Crippen LogP contribution in [0.5, 0.6) is 0 Å². The summed E-state index contributed by atoms with van der Waals surface area (Å²) >= 11 is 0. The van der Waals surface area contributed by atoms with E-state index in [1.54, 1.807) is 7.11 Å². The number of nitrogens with one attached hydrogen (secondary N) is 1. The van der Waals surface area contributed by atoms with Crippen molar-refractivity contribution in [1.82, 2.24) is 10.2 Å². The Morgan fingerprint density at radius 3 is 2.47 bits per heavy atom. The minimum absolute atomic E-state index is 0.244. The first-order chi connectivity index (χ1) is 8.90. The average Bonchev–Trinajstić information content (AvgIpc) is 2.29. The van der Waals surface area contributed by atoms with E-state index in [1.807, 2.05) is 20.8 Å². The van der Waals surface area contributed by atoms with Crippen molar-refractivity contribution >= 4 is 6.09 Å². The summed E-state index contributed by atoms with van der Waals surface area (Å²) in [5.74, 6) is 0. The maximum absolute atomic E-state index is 11.7. The molecule has 0 bridgehead atoms. The van der Waals surface area contributed by atoms with Gasteiger partial charge in [0, 0.05) is 39.4 Å². The van der Waals surface area contributed by atoms with E-state index in [4.69, 9.17) is 9.47 Å². The number of carbonyl (C=O) groups is 1. The van der Waals surface area contributed by atoms with Gasteiger partial charge in [-0.05, 0) is 40.0 Å². The second-order valence-electron chi connectivity index (χ2n) is 6.11. The van der Waals surface area contributed by atoms with Crippen LogP contribution in [0, 0.1) is 0 Å². The molecule has 1 aliphatic rings. The van der Waals surface area contributed by atoms with E-state index in [0.29, 0.717) is 0 Å². The van der Waals surface area contributed by atoms with Crippen LogP contribution >= 0.6 is 0 Å². The lowest BCUT2D eigenvalue weighted by molar-refractivity contribution is 0.0477. The first-order valence-corrected chi connectivity index (χ1v) is 7.11. The van der Waals surface area contributed by atoms with Crippen LogP contribution in [0.15, 0.2) is 0 Å². The summed E-state index contributed by atoms with van der Waals surface area (Å²) in [5, 5.41) is 2.95.